The molecule has 0 atom stereocenters. The molecule has 0 radical (unpaired) electrons. The quantitative estimate of drug-likeness (QED) is 0.918. The number of hydrogen-bond donors (Lipinski definition) is 1. The summed E-state index contributed by atoms with van der Waals surface area (Å²) in [6.07, 6.45) is 0. The van der Waals surface area contributed by atoms with E-state index < -0.39 is 10.0 Å². The Labute approximate surface area is 90.3 Å². The van der Waals surface area contributed by atoms with Gasteiger partial charge in [0.05, 0.1) is 5.75 Å². The Bertz CT molecular complexity index is 372. The van der Waals surface area contributed by atoms with Crippen molar-refractivity contribution in [3.05, 3.63) is 20.8 Å². The van der Waals surface area contributed by atoms with Crippen molar-refractivity contribution < 1.29 is 8.42 Å². The molecule has 0 unspecified atom stereocenters. The zero-order chi connectivity index (χ0) is 9.90. The lowest BCUT2D eigenvalue weighted by molar-refractivity contribution is 0.583. The maximum Gasteiger partial charge on any atom is 0.211 e. The van der Waals surface area contributed by atoms with Gasteiger partial charge >= 0.3 is 0 Å². The van der Waals surface area contributed by atoms with Crippen LogP contribution in [0.4, 0.5) is 0 Å². The van der Waals surface area contributed by atoms with Crippen LogP contribution in [0.25, 0.3) is 0 Å². The van der Waals surface area contributed by atoms with Crippen molar-refractivity contribution in [2.75, 3.05) is 5.75 Å². The summed E-state index contributed by atoms with van der Waals surface area (Å²) >= 11 is 4.86. The van der Waals surface area contributed by atoms with Gasteiger partial charge in [-0.15, -0.1) is 11.3 Å². The van der Waals surface area contributed by atoms with Crippen LogP contribution in [0.1, 0.15) is 11.8 Å². The van der Waals surface area contributed by atoms with E-state index in [1.165, 1.54) is 11.3 Å². The summed E-state index contributed by atoms with van der Waals surface area (Å²) in [5, 5.41) is 1.92. The minimum Gasteiger partial charge on any atom is -0.212 e. The van der Waals surface area contributed by atoms with E-state index in [1.807, 2.05) is 11.4 Å². The maximum atomic E-state index is 11.1. The second-order valence-electron chi connectivity index (χ2n) is 2.42. The molecule has 0 amide bonds. The van der Waals surface area contributed by atoms with Crippen molar-refractivity contribution in [3.63, 3.8) is 0 Å². The lowest BCUT2D eigenvalue weighted by Crippen LogP contribution is -2.24. The fourth-order valence-corrected chi connectivity index (χ4v) is 2.82. The van der Waals surface area contributed by atoms with Gasteiger partial charge in [0.2, 0.25) is 10.0 Å². The smallest absolute Gasteiger partial charge is 0.211 e. The van der Waals surface area contributed by atoms with Gasteiger partial charge in [-0.2, -0.15) is 0 Å². The summed E-state index contributed by atoms with van der Waals surface area (Å²) in [6, 6.07) is 1.90. The second-order valence-corrected chi connectivity index (χ2v) is 6.37. The minimum absolute atomic E-state index is 0.121. The maximum absolute atomic E-state index is 11.1. The largest absolute Gasteiger partial charge is 0.212 e. The molecule has 3 nitrogen and oxygen atoms in total. The van der Waals surface area contributed by atoms with E-state index >= 15 is 0 Å². The summed E-state index contributed by atoms with van der Waals surface area (Å²) < 4.78 is 25.6. The molecule has 1 rings (SSSR count). The topological polar surface area (TPSA) is 46.2 Å². The number of rotatable bonds is 4. The van der Waals surface area contributed by atoms with Crippen LogP contribution in [-0.2, 0) is 16.6 Å². The van der Waals surface area contributed by atoms with Crippen molar-refractivity contribution in [2.24, 2.45) is 0 Å². The Hall–Kier alpha value is 0.0900. The Morgan fingerprint density at radius 3 is 2.77 bits per heavy atom. The van der Waals surface area contributed by atoms with Crippen LogP contribution < -0.4 is 4.72 Å². The Morgan fingerprint density at radius 2 is 2.31 bits per heavy atom. The predicted molar refractivity (Wildman–Crippen MR) is 58.3 cm³/mol. The summed E-state index contributed by atoms with van der Waals surface area (Å²) in [5.41, 5.74) is 0. The number of halogens is 1. The first-order chi connectivity index (χ1) is 6.05. The Balaban J connectivity index is 2.58. The van der Waals surface area contributed by atoms with Gasteiger partial charge in [-0.05, 0) is 34.3 Å². The van der Waals surface area contributed by atoms with E-state index in [1.54, 1.807) is 6.92 Å². The molecule has 0 aliphatic rings. The minimum atomic E-state index is -3.08. The lowest BCUT2D eigenvalue weighted by atomic mass is 10.5. The van der Waals surface area contributed by atoms with Gasteiger partial charge in [-0.3, -0.25) is 0 Å². The van der Waals surface area contributed by atoms with E-state index in [2.05, 4.69) is 20.7 Å². The molecular weight excluding hydrogens is 274 g/mol. The van der Waals surface area contributed by atoms with Crippen LogP contribution in [0.5, 0.6) is 0 Å². The van der Waals surface area contributed by atoms with Crippen molar-refractivity contribution in [1.82, 2.24) is 4.72 Å². The fourth-order valence-electron chi connectivity index (χ4n) is 0.729. The summed E-state index contributed by atoms with van der Waals surface area (Å²) in [7, 11) is -3.08. The second kappa shape index (κ2) is 4.54. The molecule has 0 aromatic carbocycles. The zero-order valence-electron chi connectivity index (χ0n) is 7.08. The molecule has 1 heterocycles. The molecule has 74 valence electrons. The molecule has 1 N–H and O–H groups in total. The van der Waals surface area contributed by atoms with Crippen LogP contribution in [0.15, 0.2) is 15.9 Å². The van der Waals surface area contributed by atoms with Gasteiger partial charge in [0.15, 0.2) is 0 Å². The standard InChI is InChI=1S/C7H10BrNO2S2/c1-2-13(10,11)9-5-7-6(8)3-4-12-7/h3-4,9H,2,5H2,1H3. The van der Waals surface area contributed by atoms with Gasteiger partial charge in [0.25, 0.3) is 0 Å². The van der Waals surface area contributed by atoms with E-state index in [0.29, 0.717) is 6.54 Å². The van der Waals surface area contributed by atoms with Crippen LogP contribution >= 0.6 is 27.3 Å². The highest BCUT2D eigenvalue weighted by Gasteiger charge is 2.07. The molecule has 0 fully saturated rings. The molecule has 0 aliphatic carbocycles. The summed E-state index contributed by atoms with van der Waals surface area (Å²) in [6.45, 7) is 1.99. The van der Waals surface area contributed by atoms with E-state index in [-0.39, 0.29) is 5.75 Å². The first-order valence-corrected chi connectivity index (χ1v) is 7.07. The van der Waals surface area contributed by atoms with Gasteiger partial charge < -0.3 is 0 Å². The van der Waals surface area contributed by atoms with Crippen molar-refractivity contribution in [2.45, 2.75) is 13.5 Å². The monoisotopic (exact) mass is 283 g/mol. The normalized spacial score (nSPS) is 11.8. The molecule has 0 spiro atoms. The Kier molecular flexibility index (Phi) is 3.90. The highest BCUT2D eigenvalue weighted by molar-refractivity contribution is 9.10. The van der Waals surface area contributed by atoms with Gasteiger partial charge in [0, 0.05) is 15.9 Å². The third-order valence-corrected chi connectivity index (χ3v) is 4.79. The number of thiophene rings is 1. The average Bonchev–Trinajstić information content (AvgIpc) is 2.48. The molecular formula is C7H10BrNO2S2. The molecule has 0 bridgehead atoms. The predicted octanol–water partition coefficient (Wildman–Crippen LogP) is 1.95. The highest BCUT2D eigenvalue weighted by atomic mass is 79.9. The van der Waals surface area contributed by atoms with Crippen LogP contribution in [0, 0.1) is 0 Å². The first kappa shape index (κ1) is 11.2. The molecule has 1 aromatic heterocycles. The lowest BCUT2D eigenvalue weighted by Gasteiger charge is -2.02. The third-order valence-electron chi connectivity index (χ3n) is 1.52. The number of sulfonamides is 1. The molecule has 13 heavy (non-hydrogen) atoms. The molecule has 6 heteroatoms. The van der Waals surface area contributed by atoms with E-state index in [9.17, 15) is 8.42 Å². The van der Waals surface area contributed by atoms with Crippen molar-refractivity contribution in [3.8, 4) is 0 Å². The molecule has 0 aliphatic heterocycles. The summed E-state index contributed by atoms with van der Waals surface area (Å²) in [5.74, 6) is 0.121. The molecule has 0 saturated heterocycles. The van der Waals surface area contributed by atoms with E-state index in [4.69, 9.17) is 0 Å². The molecule has 0 saturated carbocycles. The van der Waals surface area contributed by atoms with Crippen molar-refractivity contribution in [1.29, 1.82) is 0 Å². The Morgan fingerprint density at radius 1 is 1.62 bits per heavy atom. The van der Waals surface area contributed by atoms with Gasteiger partial charge in [-0.25, -0.2) is 13.1 Å². The number of nitrogens with one attached hydrogen (secondary N) is 1. The SMILES string of the molecule is CCS(=O)(=O)NCc1sccc1Br. The van der Waals surface area contributed by atoms with Gasteiger partial charge in [0.1, 0.15) is 0 Å². The van der Waals surface area contributed by atoms with Crippen molar-refractivity contribution >= 4 is 37.3 Å². The van der Waals surface area contributed by atoms with Crippen LogP contribution in [0.3, 0.4) is 0 Å². The third kappa shape index (κ3) is 3.38. The van der Waals surface area contributed by atoms with Crippen LogP contribution in [0.2, 0.25) is 0 Å². The molecule has 1 aromatic rings. The summed E-state index contributed by atoms with van der Waals surface area (Å²) in [4.78, 5) is 0.997. The van der Waals surface area contributed by atoms with E-state index in [0.717, 1.165) is 9.35 Å². The zero-order valence-corrected chi connectivity index (χ0v) is 10.3. The fraction of sp³-hybridized carbons (Fsp3) is 0.429. The average molecular weight is 284 g/mol. The first-order valence-electron chi connectivity index (χ1n) is 3.74. The van der Waals surface area contributed by atoms with Crippen LogP contribution in [-0.4, -0.2) is 14.2 Å². The van der Waals surface area contributed by atoms with Gasteiger partial charge in [-0.1, -0.05) is 0 Å². The highest BCUT2D eigenvalue weighted by Crippen LogP contribution is 2.22. The number of hydrogen-bond acceptors (Lipinski definition) is 3.